The van der Waals surface area contributed by atoms with Gasteiger partial charge in [-0.05, 0) is 5.56 Å². The molecule has 14 heavy (non-hydrogen) atoms. The summed E-state index contributed by atoms with van der Waals surface area (Å²) >= 11 is 0. The molecule has 0 fully saturated rings. The third-order valence-electron chi connectivity index (χ3n) is 1.78. The van der Waals surface area contributed by atoms with E-state index < -0.39 is 0 Å². The molecule has 0 saturated heterocycles. The highest BCUT2D eigenvalue weighted by Gasteiger charge is 2.20. The van der Waals surface area contributed by atoms with E-state index in [2.05, 4.69) is 11.9 Å². The highest BCUT2D eigenvalue weighted by molar-refractivity contribution is 5.82. The predicted octanol–water partition coefficient (Wildman–Crippen LogP) is 2.24. The minimum Gasteiger partial charge on any atom is -0.341 e. The number of rotatable bonds is 2. The molecule has 0 heterocycles. The van der Waals surface area contributed by atoms with Gasteiger partial charge in [0.15, 0.2) is 0 Å². The molecular weight excluding hydrogens is 174 g/mol. The van der Waals surface area contributed by atoms with Crippen LogP contribution in [-0.4, -0.2) is 5.91 Å². The predicted molar refractivity (Wildman–Crippen MR) is 56.4 cm³/mol. The molecule has 0 saturated carbocycles. The lowest BCUT2D eigenvalue weighted by molar-refractivity contribution is -0.127. The quantitative estimate of drug-likeness (QED) is 0.710. The summed E-state index contributed by atoms with van der Waals surface area (Å²) < 4.78 is 0. The third kappa shape index (κ3) is 3.21. The second-order valence-electron chi connectivity index (χ2n) is 4.20. The zero-order chi connectivity index (χ0) is 10.6. The van der Waals surface area contributed by atoms with Crippen LogP contribution in [-0.2, 0) is 4.79 Å². The summed E-state index contributed by atoms with van der Waals surface area (Å²) in [5.74, 6) is -0.0265. The zero-order valence-corrected chi connectivity index (χ0v) is 8.79. The van der Waals surface area contributed by atoms with Crippen molar-refractivity contribution >= 4 is 5.91 Å². The Kier molecular flexibility index (Phi) is 3.28. The molecule has 0 aromatic heterocycles. The van der Waals surface area contributed by atoms with Crippen LogP contribution in [0.1, 0.15) is 26.3 Å². The molecule has 0 aliphatic heterocycles. The fraction of sp³-hybridized carbons (Fsp3) is 0.333. The van der Waals surface area contributed by atoms with E-state index in [9.17, 15) is 4.79 Å². The van der Waals surface area contributed by atoms with Crippen LogP contribution in [0.2, 0.25) is 0 Å². The highest BCUT2D eigenvalue weighted by atomic mass is 16.2. The van der Waals surface area contributed by atoms with Crippen molar-refractivity contribution in [3.05, 3.63) is 42.4 Å². The van der Waals surface area contributed by atoms with Crippen molar-refractivity contribution in [2.75, 3.05) is 0 Å². The number of amides is 1. The van der Waals surface area contributed by atoms with Crippen LogP contribution in [0.3, 0.4) is 0 Å². The largest absolute Gasteiger partial charge is 0.341 e. The van der Waals surface area contributed by atoms with Crippen molar-refractivity contribution in [3.63, 3.8) is 0 Å². The van der Waals surface area contributed by atoms with Crippen LogP contribution in [0, 0.1) is 12.0 Å². The van der Waals surface area contributed by atoms with Crippen molar-refractivity contribution in [1.29, 1.82) is 0 Å². The van der Waals surface area contributed by atoms with Gasteiger partial charge < -0.3 is 5.32 Å². The second kappa shape index (κ2) is 4.27. The molecule has 0 spiro atoms. The van der Waals surface area contributed by atoms with E-state index in [0.717, 1.165) is 5.56 Å². The first-order chi connectivity index (χ1) is 6.50. The number of hydrogen-bond acceptors (Lipinski definition) is 1. The van der Waals surface area contributed by atoms with Crippen LogP contribution in [0.15, 0.2) is 30.3 Å². The van der Waals surface area contributed by atoms with E-state index in [4.69, 9.17) is 0 Å². The topological polar surface area (TPSA) is 29.1 Å². The van der Waals surface area contributed by atoms with Crippen LogP contribution < -0.4 is 5.32 Å². The average Bonchev–Trinajstić information content (AvgIpc) is 2.14. The lowest BCUT2D eigenvalue weighted by Crippen LogP contribution is -2.33. The molecule has 0 unspecified atom stereocenters. The van der Waals surface area contributed by atoms with Crippen LogP contribution in [0.25, 0.3) is 0 Å². The summed E-state index contributed by atoms with van der Waals surface area (Å²) in [6.07, 6.45) is 0. The molecule has 0 atom stereocenters. The van der Waals surface area contributed by atoms with E-state index in [1.165, 1.54) is 0 Å². The van der Waals surface area contributed by atoms with E-state index in [-0.39, 0.29) is 11.3 Å². The SMILES string of the molecule is CC(C)(C)C(=O)N[C]c1ccccc1. The summed E-state index contributed by atoms with van der Waals surface area (Å²) in [4.78, 5) is 11.5. The van der Waals surface area contributed by atoms with Crippen LogP contribution in [0.4, 0.5) is 0 Å². The molecule has 0 aliphatic rings. The summed E-state index contributed by atoms with van der Waals surface area (Å²) in [5.41, 5.74) is 0.506. The Hall–Kier alpha value is -1.31. The van der Waals surface area contributed by atoms with Crippen molar-refractivity contribution in [2.24, 2.45) is 5.41 Å². The van der Waals surface area contributed by atoms with E-state index in [0.29, 0.717) is 0 Å². The van der Waals surface area contributed by atoms with Crippen molar-refractivity contribution in [2.45, 2.75) is 20.8 Å². The lowest BCUT2D eigenvalue weighted by atomic mass is 9.95. The summed E-state index contributed by atoms with van der Waals surface area (Å²) in [5, 5.41) is 2.65. The van der Waals surface area contributed by atoms with Gasteiger partial charge in [0.1, 0.15) is 6.54 Å². The number of carbonyl (C=O) groups excluding carboxylic acids is 1. The van der Waals surface area contributed by atoms with Gasteiger partial charge in [0.05, 0.1) is 0 Å². The molecule has 2 radical (unpaired) electrons. The molecule has 1 N–H and O–H groups in total. The van der Waals surface area contributed by atoms with Gasteiger partial charge >= 0.3 is 0 Å². The van der Waals surface area contributed by atoms with Gasteiger partial charge in [-0.3, -0.25) is 4.79 Å². The zero-order valence-electron chi connectivity index (χ0n) is 8.79. The van der Waals surface area contributed by atoms with Gasteiger partial charge in [-0.25, -0.2) is 0 Å². The Morgan fingerprint density at radius 3 is 2.29 bits per heavy atom. The van der Waals surface area contributed by atoms with Crippen molar-refractivity contribution in [1.82, 2.24) is 5.32 Å². The molecule has 1 rings (SSSR count). The Balaban J connectivity index is 2.46. The molecule has 0 bridgehead atoms. The minimum atomic E-state index is -0.373. The number of nitrogens with one attached hydrogen (secondary N) is 1. The third-order valence-corrected chi connectivity index (χ3v) is 1.78. The van der Waals surface area contributed by atoms with Gasteiger partial charge in [-0.1, -0.05) is 51.1 Å². The normalized spacial score (nSPS) is 11.1. The first-order valence-electron chi connectivity index (χ1n) is 4.61. The highest BCUT2D eigenvalue weighted by Crippen LogP contribution is 2.13. The maximum absolute atomic E-state index is 11.5. The van der Waals surface area contributed by atoms with Crippen molar-refractivity contribution < 1.29 is 4.79 Å². The van der Waals surface area contributed by atoms with Gasteiger partial charge in [0.2, 0.25) is 5.91 Å². The Morgan fingerprint density at radius 2 is 1.79 bits per heavy atom. The van der Waals surface area contributed by atoms with Gasteiger partial charge in [-0.2, -0.15) is 0 Å². The first-order valence-corrected chi connectivity index (χ1v) is 4.61. The maximum Gasteiger partial charge on any atom is 0.226 e. The van der Waals surface area contributed by atoms with E-state index >= 15 is 0 Å². The molecule has 2 nitrogen and oxygen atoms in total. The standard InChI is InChI=1S/C12H15NO/c1-12(2,3)11(14)13-9-10-7-5-4-6-8-10/h4-8H,1-3H3,(H,13,14). The summed E-state index contributed by atoms with van der Waals surface area (Å²) in [6.45, 7) is 8.46. The van der Waals surface area contributed by atoms with Gasteiger partial charge in [-0.15, -0.1) is 0 Å². The average molecular weight is 189 g/mol. The first kappa shape index (κ1) is 10.8. The van der Waals surface area contributed by atoms with Gasteiger partial charge in [0, 0.05) is 5.41 Å². The number of carbonyl (C=O) groups is 1. The fourth-order valence-corrected chi connectivity index (χ4v) is 0.838. The Bertz CT molecular complexity index is 298. The smallest absolute Gasteiger partial charge is 0.226 e. The minimum absolute atomic E-state index is 0.0265. The summed E-state index contributed by atoms with van der Waals surface area (Å²) in [6, 6.07) is 9.53. The molecule has 2 heteroatoms. The number of hydrogen-bond donors (Lipinski definition) is 1. The molecule has 1 aromatic carbocycles. The summed E-state index contributed by atoms with van der Waals surface area (Å²) in [7, 11) is 0. The van der Waals surface area contributed by atoms with Crippen LogP contribution in [0.5, 0.6) is 0 Å². The maximum atomic E-state index is 11.5. The Morgan fingerprint density at radius 1 is 1.21 bits per heavy atom. The molecule has 0 aliphatic carbocycles. The molecule has 1 amide bonds. The second-order valence-corrected chi connectivity index (χ2v) is 4.20. The Labute approximate surface area is 85.3 Å². The number of benzene rings is 1. The molecular formula is C12H15NO. The van der Waals surface area contributed by atoms with Crippen molar-refractivity contribution in [3.8, 4) is 0 Å². The fourth-order valence-electron chi connectivity index (χ4n) is 0.838. The van der Waals surface area contributed by atoms with Crippen LogP contribution >= 0.6 is 0 Å². The van der Waals surface area contributed by atoms with E-state index in [1.807, 2.05) is 51.1 Å². The molecule has 1 aromatic rings. The molecule has 74 valence electrons. The monoisotopic (exact) mass is 189 g/mol. The van der Waals surface area contributed by atoms with E-state index in [1.54, 1.807) is 0 Å². The van der Waals surface area contributed by atoms with Gasteiger partial charge in [0.25, 0.3) is 0 Å². The lowest BCUT2D eigenvalue weighted by Gasteiger charge is -2.16.